The molecular weight excluding hydrogens is 305 g/mol. The number of ketones is 1. The number of halogens is 2. The van der Waals surface area contributed by atoms with E-state index in [0.717, 1.165) is 16.7 Å². The van der Waals surface area contributed by atoms with E-state index in [9.17, 15) is 14.0 Å². The van der Waals surface area contributed by atoms with Crippen molar-refractivity contribution in [2.75, 3.05) is 0 Å². The molecule has 1 aromatic carbocycles. The van der Waals surface area contributed by atoms with Gasteiger partial charge in [0.15, 0.2) is 5.78 Å². The lowest BCUT2D eigenvalue weighted by molar-refractivity contribution is -0.126. The van der Waals surface area contributed by atoms with Crippen LogP contribution in [0.15, 0.2) is 12.1 Å². The van der Waals surface area contributed by atoms with Gasteiger partial charge >= 0.3 is 0 Å². The van der Waals surface area contributed by atoms with Crippen LogP contribution in [0.1, 0.15) is 48.3 Å². The van der Waals surface area contributed by atoms with E-state index in [4.69, 9.17) is 11.6 Å². The van der Waals surface area contributed by atoms with Crippen LogP contribution < -0.4 is 5.32 Å². The third kappa shape index (κ3) is 2.34. The van der Waals surface area contributed by atoms with Crippen molar-refractivity contribution < 1.29 is 14.0 Å². The van der Waals surface area contributed by atoms with Gasteiger partial charge in [-0.3, -0.25) is 9.59 Å². The van der Waals surface area contributed by atoms with E-state index >= 15 is 0 Å². The highest BCUT2D eigenvalue weighted by Crippen LogP contribution is 2.41. The van der Waals surface area contributed by atoms with Crippen molar-refractivity contribution in [3.63, 3.8) is 0 Å². The second-order valence-electron chi connectivity index (χ2n) is 6.50. The molecule has 2 fully saturated rings. The quantitative estimate of drug-likeness (QED) is 0.805. The van der Waals surface area contributed by atoms with Crippen molar-refractivity contribution in [1.29, 1.82) is 0 Å². The van der Waals surface area contributed by atoms with E-state index in [1.165, 1.54) is 0 Å². The van der Waals surface area contributed by atoms with Crippen molar-refractivity contribution in [3.05, 3.63) is 33.8 Å². The normalized spacial score (nSPS) is 31.6. The molecule has 5 heteroatoms. The Kier molecular flexibility index (Phi) is 3.76. The zero-order valence-electron chi connectivity index (χ0n) is 12.7. The third-order valence-corrected chi connectivity index (χ3v) is 5.19. The van der Waals surface area contributed by atoms with E-state index < -0.39 is 17.6 Å². The molecule has 2 aliphatic rings. The summed E-state index contributed by atoms with van der Waals surface area (Å²) in [5, 5.41) is 3.46. The number of hydrogen-bond acceptors (Lipinski definition) is 2. The molecule has 0 bridgehead atoms. The second kappa shape index (κ2) is 5.34. The molecule has 1 amide bonds. The van der Waals surface area contributed by atoms with Gasteiger partial charge < -0.3 is 5.32 Å². The van der Waals surface area contributed by atoms with Crippen LogP contribution >= 0.6 is 11.6 Å². The summed E-state index contributed by atoms with van der Waals surface area (Å²) in [7, 11) is 0. The second-order valence-corrected chi connectivity index (χ2v) is 6.93. The van der Waals surface area contributed by atoms with Gasteiger partial charge in [-0.05, 0) is 68.4 Å². The van der Waals surface area contributed by atoms with Gasteiger partial charge in [-0.15, -0.1) is 0 Å². The molecular formula is C17H19ClFNO2. The molecule has 0 radical (unpaired) electrons. The van der Waals surface area contributed by atoms with Crippen LogP contribution in [0, 0.1) is 13.8 Å². The Labute approximate surface area is 134 Å². The maximum atomic E-state index is 13.4. The zero-order valence-corrected chi connectivity index (χ0v) is 13.5. The Balaban J connectivity index is 2.00. The largest absolute Gasteiger partial charge is 0.343 e. The number of alkyl halides is 1. The molecule has 1 spiro atoms. The molecule has 22 heavy (non-hydrogen) atoms. The van der Waals surface area contributed by atoms with Crippen molar-refractivity contribution in [2.24, 2.45) is 0 Å². The lowest BCUT2D eigenvalue weighted by atomic mass is 9.75. The fraction of sp³-hybridized carbons (Fsp3) is 0.529. The van der Waals surface area contributed by atoms with Crippen LogP contribution in [0.4, 0.5) is 4.39 Å². The molecule has 1 atom stereocenters. The lowest BCUT2D eigenvalue weighted by Gasteiger charge is -2.33. The van der Waals surface area contributed by atoms with E-state index in [1.54, 1.807) is 12.1 Å². The summed E-state index contributed by atoms with van der Waals surface area (Å²) in [6, 6.07) is 3.54. The summed E-state index contributed by atoms with van der Waals surface area (Å²) in [6.07, 6.45) is 0.574. The Morgan fingerprint density at radius 1 is 1.18 bits per heavy atom. The molecule has 3 nitrogen and oxygen atoms in total. The minimum atomic E-state index is -0.872. The average molecular weight is 324 g/mol. The van der Waals surface area contributed by atoms with Gasteiger partial charge in [0.1, 0.15) is 12.1 Å². The smallest absolute Gasteiger partial charge is 0.235 e. The molecule has 1 heterocycles. The summed E-state index contributed by atoms with van der Waals surface area (Å²) in [6.45, 7) is 3.72. The molecule has 1 saturated heterocycles. The van der Waals surface area contributed by atoms with Crippen molar-refractivity contribution in [2.45, 2.75) is 57.2 Å². The summed E-state index contributed by atoms with van der Waals surface area (Å²) in [5.41, 5.74) is 1.55. The summed E-state index contributed by atoms with van der Waals surface area (Å²) in [5.74, 6) is -1.18. The van der Waals surface area contributed by atoms with Crippen LogP contribution in [0.2, 0.25) is 5.02 Å². The van der Waals surface area contributed by atoms with Crippen molar-refractivity contribution in [3.8, 4) is 0 Å². The number of Topliss-reactive ketones (excluding diaryl/α,β-unsaturated/α-hetero) is 1. The molecule has 0 aromatic heterocycles. The molecule has 1 N–H and O–H groups in total. The number of nitrogens with one attached hydrogen (secondary N) is 1. The molecule has 1 saturated carbocycles. The Bertz CT molecular complexity index is 627. The monoisotopic (exact) mass is 323 g/mol. The first kappa shape index (κ1) is 15.5. The first-order valence-electron chi connectivity index (χ1n) is 7.61. The van der Waals surface area contributed by atoms with Gasteiger partial charge in [0.2, 0.25) is 5.91 Å². The maximum Gasteiger partial charge on any atom is 0.235 e. The molecule has 118 valence electrons. The first-order valence-corrected chi connectivity index (χ1v) is 7.99. The molecule has 1 aliphatic heterocycles. The highest BCUT2D eigenvalue weighted by Gasteiger charge is 2.54. The summed E-state index contributed by atoms with van der Waals surface area (Å²) >= 11 is 6.03. The number of carbonyl (C=O) groups is 2. The van der Waals surface area contributed by atoms with Crippen LogP contribution in [-0.4, -0.2) is 23.4 Å². The molecule has 1 aliphatic carbocycles. The predicted octanol–water partition coefficient (Wildman–Crippen LogP) is 3.39. The van der Waals surface area contributed by atoms with Gasteiger partial charge in [0.25, 0.3) is 0 Å². The van der Waals surface area contributed by atoms with Gasteiger partial charge in [-0.25, -0.2) is 4.39 Å². The lowest BCUT2D eigenvalue weighted by Crippen LogP contribution is -2.49. The number of benzene rings is 1. The minimum Gasteiger partial charge on any atom is -0.343 e. The van der Waals surface area contributed by atoms with Gasteiger partial charge in [-0.1, -0.05) is 11.6 Å². The van der Waals surface area contributed by atoms with Gasteiger partial charge in [-0.2, -0.15) is 0 Å². The molecule has 1 unspecified atom stereocenters. The van der Waals surface area contributed by atoms with E-state index in [0.29, 0.717) is 30.7 Å². The fourth-order valence-corrected chi connectivity index (χ4v) is 4.18. The number of carbonyl (C=O) groups excluding carboxylic acids is 2. The number of aryl methyl sites for hydroxylation is 2. The van der Waals surface area contributed by atoms with Crippen LogP contribution in [0.3, 0.4) is 0 Å². The van der Waals surface area contributed by atoms with E-state index in [2.05, 4.69) is 5.32 Å². The highest BCUT2D eigenvalue weighted by molar-refractivity contribution is 6.30. The number of rotatable bonds is 1. The highest BCUT2D eigenvalue weighted by atomic mass is 35.5. The Morgan fingerprint density at radius 3 is 2.27 bits per heavy atom. The zero-order chi connectivity index (χ0) is 16.1. The van der Waals surface area contributed by atoms with Crippen LogP contribution in [0.25, 0.3) is 0 Å². The van der Waals surface area contributed by atoms with Crippen molar-refractivity contribution in [1.82, 2.24) is 5.32 Å². The van der Waals surface area contributed by atoms with E-state index in [1.807, 2.05) is 13.8 Å². The van der Waals surface area contributed by atoms with E-state index in [-0.39, 0.29) is 11.7 Å². The average Bonchev–Trinajstić information content (AvgIpc) is 2.66. The molecule has 3 rings (SSSR count). The number of hydrogen-bond donors (Lipinski definition) is 1. The Hall–Kier alpha value is -1.42. The summed E-state index contributed by atoms with van der Waals surface area (Å²) < 4.78 is 13.4. The minimum absolute atomic E-state index is 0.113. The van der Waals surface area contributed by atoms with Gasteiger partial charge in [0.05, 0.1) is 5.54 Å². The molecule has 1 aromatic rings. The first-order chi connectivity index (χ1) is 10.3. The SMILES string of the molecule is Cc1cc(Cl)cc(C)c1C1C(=O)NC2(CCC(F)CC2)C1=O. The van der Waals surface area contributed by atoms with Crippen LogP contribution in [0.5, 0.6) is 0 Å². The van der Waals surface area contributed by atoms with Crippen LogP contribution in [-0.2, 0) is 9.59 Å². The predicted molar refractivity (Wildman–Crippen MR) is 82.9 cm³/mol. The van der Waals surface area contributed by atoms with Gasteiger partial charge in [0, 0.05) is 5.02 Å². The standard InChI is InChI=1S/C17H19ClFNO2/c1-9-7-11(18)8-10(2)13(9)14-15(21)17(20-16(14)22)5-3-12(19)4-6-17/h7-8,12,14H,3-6H2,1-2H3,(H,20,22). The number of amides is 1. The summed E-state index contributed by atoms with van der Waals surface area (Å²) in [4.78, 5) is 25.4. The van der Waals surface area contributed by atoms with Crippen molar-refractivity contribution >= 4 is 23.3 Å². The Morgan fingerprint density at radius 2 is 1.73 bits per heavy atom. The fourth-order valence-electron chi connectivity index (χ4n) is 3.85. The topological polar surface area (TPSA) is 46.2 Å². The maximum absolute atomic E-state index is 13.4. The third-order valence-electron chi connectivity index (χ3n) is 4.97.